The molecule has 0 spiro atoms. The van der Waals surface area contributed by atoms with Crippen molar-refractivity contribution < 1.29 is 23.9 Å². The first-order valence-electron chi connectivity index (χ1n) is 10.1. The fourth-order valence-corrected chi connectivity index (χ4v) is 4.02. The number of aromatic nitrogens is 1. The summed E-state index contributed by atoms with van der Waals surface area (Å²) in [5.74, 6) is 0.257. The summed E-state index contributed by atoms with van der Waals surface area (Å²) in [5.41, 5.74) is 2.09. The second kappa shape index (κ2) is 10.1. The summed E-state index contributed by atoms with van der Waals surface area (Å²) in [7, 11) is 1.53. The van der Waals surface area contributed by atoms with E-state index in [9.17, 15) is 14.4 Å². The highest BCUT2D eigenvalue weighted by atomic mass is 32.2. The Kier molecular flexibility index (Phi) is 6.85. The fourth-order valence-electron chi connectivity index (χ4n) is 3.18. The van der Waals surface area contributed by atoms with Crippen LogP contribution in [-0.4, -0.2) is 40.5 Å². The third-order valence-corrected chi connectivity index (χ3v) is 5.81. The van der Waals surface area contributed by atoms with Gasteiger partial charge in [0.15, 0.2) is 17.3 Å². The van der Waals surface area contributed by atoms with Crippen molar-refractivity contribution in [3.63, 3.8) is 0 Å². The van der Waals surface area contributed by atoms with E-state index in [2.05, 4.69) is 4.98 Å². The Bertz CT molecular complexity index is 1210. The molecule has 0 radical (unpaired) electrons. The van der Waals surface area contributed by atoms with Crippen molar-refractivity contribution in [3.05, 3.63) is 94.7 Å². The van der Waals surface area contributed by atoms with E-state index in [0.717, 1.165) is 22.2 Å². The predicted molar refractivity (Wildman–Crippen MR) is 125 cm³/mol. The Hall–Kier alpha value is -3.91. The number of carbonyl (C=O) groups is 3. The third kappa shape index (κ3) is 5.30. The highest BCUT2D eigenvalue weighted by molar-refractivity contribution is 8.18. The minimum atomic E-state index is -0.494. The number of ketones is 1. The molecule has 1 aromatic heterocycles. The van der Waals surface area contributed by atoms with E-state index in [1.54, 1.807) is 67.0 Å². The standard InChI is InChI=1S/C25H20N2O5S/c1-31-22-13-18(7-8-21(22)32-16-17-9-11-26-12-10-17)14-23-24(29)27(25(30)33-23)15-20(28)19-5-3-2-4-6-19/h2-14H,15-16H2,1H3/b23-14+. The number of hydrogen-bond donors (Lipinski definition) is 0. The summed E-state index contributed by atoms with van der Waals surface area (Å²) in [6, 6.07) is 17.5. The Labute approximate surface area is 195 Å². The quantitative estimate of drug-likeness (QED) is 0.359. The van der Waals surface area contributed by atoms with Gasteiger partial charge >= 0.3 is 0 Å². The predicted octanol–water partition coefficient (Wildman–Crippen LogP) is 4.59. The molecule has 8 heteroatoms. The van der Waals surface area contributed by atoms with Crippen molar-refractivity contribution in [1.29, 1.82) is 0 Å². The Morgan fingerprint density at radius 1 is 1.03 bits per heavy atom. The Morgan fingerprint density at radius 3 is 2.52 bits per heavy atom. The molecule has 0 bridgehead atoms. The number of pyridine rings is 1. The van der Waals surface area contributed by atoms with Crippen LogP contribution in [0.3, 0.4) is 0 Å². The Balaban J connectivity index is 1.47. The highest BCUT2D eigenvalue weighted by Gasteiger charge is 2.36. The number of benzene rings is 2. The number of amides is 2. The molecule has 166 valence electrons. The molecule has 0 atom stereocenters. The number of ether oxygens (including phenoxy) is 2. The summed E-state index contributed by atoms with van der Waals surface area (Å²) >= 11 is 0.807. The Morgan fingerprint density at radius 2 is 1.79 bits per heavy atom. The number of Topliss-reactive ketones (excluding diaryl/α,β-unsaturated/α-hetero) is 1. The number of rotatable bonds is 8. The topological polar surface area (TPSA) is 85.8 Å². The SMILES string of the molecule is COc1cc(/C=C2/SC(=O)N(CC(=O)c3ccccc3)C2=O)ccc1OCc1ccncc1. The summed E-state index contributed by atoms with van der Waals surface area (Å²) in [4.78, 5) is 42.8. The number of methoxy groups -OCH3 is 1. The van der Waals surface area contributed by atoms with Gasteiger partial charge in [-0.15, -0.1) is 0 Å². The zero-order valence-corrected chi connectivity index (χ0v) is 18.6. The second-order valence-electron chi connectivity index (χ2n) is 7.11. The van der Waals surface area contributed by atoms with Crippen molar-refractivity contribution in [2.45, 2.75) is 6.61 Å². The minimum absolute atomic E-state index is 0.244. The normalized spacial score (nSPS) is 14.6. The molecular formula is C25H20N2O5S. The van der Waals surface area contributed by atoms with Gasteiger partial charge in [-0.3, -0.25) is 24.3 Å². The minimum Gasteiger partial charge on any atom is -0.493 e. The molecule has 1 aliphatic heterocycles. The largest absolute Gasteiger partial charge is 0.493 e. The van der Waals surface area contributed by atoms with Crippen LogP contribution in [-0.2, 0) is 11.4 Å². The van der Waals surface area contributed by atoms with Gasteiger partial charge in [0.2, 0.25) is 0 Å². The molecule has 0 N–H and O–H groups in total. The summed E-state index contributed by atoms with van der Waals surface area (Å²) in [6.45, 7) is 0.0592. The molecule has 4 rings (SSSR count). The number of nitrogens with zero attached hydrogens (tertiary/aromatic N) is 2. The highest BCUT2D eigenvalue weighted by Crippen LogP contribution is 2.34. The smallest absolute Gasteiger partial charge is 0.293 e. The second-order valence-corrected chi connectivity index (χ2v) is 8.10. The van der Waals surface area contributed by atoms with Gasteiger partial charge in [0, 0.05) is 18.0 Å². The van der Waals surface area contributed by atoms with E-state index >= 15 is 0 Å². The first kappa shape index (κ1) is 22.3. The van der Waals surface area contributed by atoms with Crippen LogP contribution in [0.2, 0.25) is 0 Å². The molecule has 1 aliphatic rings. The van der Waals surface area contributed by atoms with Gasteiger partial charge in [-0.25, -0.2) is 0 Å². The van der Waals surface area contributed by atoms with Crippen LogP contribution in [0.5, 0.6) is 11.5 Å². The van der Waals surface area contributed by atoms with Crippen molar-refractivity contribution in [2.75, 3.05) is 13.7 Å². The zero-order chi connectivity index (χ0) is 23.2. The fraction of sp³-hybridized carbons (Fsp3) is 0.120. The van der Waals surface area contributed by atoms with Gasteiger partial charge in [-0.05, 0) is 53.2 Å². The average Bonchev–Trinajstić information content (AvgIpc) is 3.11. The molecule has 2 amide bonds. The van der Waals surface area contributed by atoms with E-state index in [1.807, 2.05) is 12.1 Å². The van der Waals surface area contributed by atoms with Crippen LogP contribution in [0.25, 0.3) is 6.08 Å². The lowest BCUT2D eigenvalue weighted by Gasteiger charge is -2.12. The third-order valence-electron chi connectivity index (χ3n) is 4.90. The number of thioether (sulfide) groups is 1. The van der Waals surface area contributed by atoms with Gasteiger partial charge < -0.3 is 9.47 Å². The van der Waals surface area contributed by atoms with Crippen molar-refractivity contribution in [3.8, 4) is 11.5 Å². The van der Waals surface area contributed by atoms with Crippen LogP contribution in [0.15, 0.2) is 78.0 Å². The van der Waals surface area contributed by atoms with Gasteiger partial charge in [-0.1, -0.05) is 36.4 Å². The zero-order valence-electron chi connectivity index (χ0n) is 17.8. The first-order valence-corrected chi connectivity index (χ1v) is 10.9. The van der Waals surface area contributed by atoms with Crippen molar-refractivity contribution in [1.82, 2.24) is 9.88 Å². The maximum Gasteiger partial charge on any atom is 0.293 e. The van der Waals surface area contributed by atoms with Gasteiger partial charge in [0.05, 0.1) is 18.6 Å². The van der Waals surface area contributed by atoms with E-state index in [-0.39, 0.29) is 17.2 Å². The summed E-state index contributed by atoms with van der Waals surface area (Å²) < 4.78 is 11.3. The van der Waals surface area contributed by atoms with Crippen molar-refractivity contribution >= 4 is 34.8 Å². The van der Waals surface area contributed by atoms with Crippen LogP contribution in [0.4, 0.5) is 4.79 Å². The lowest BCUT2D eigenvalue weighted by atomic mass is 10.1. The number of imide groups is 1. The maximum absolute atomic E-state index is 12.8. The number of hydrogen-bond acceptors (Lipinski definition) is 7. The first-order chi connectivity index (χ1) is 16.0. The van der Waals surface area contributed by atoms with Gasteiger partial charge in [-0.2, -0.15) is 0 Å². The molecular weight excluding hydrogens is 440 g/mol. The molecule has 0 saturated carbocycles. The van der Waals surface area contributed by atoms with Crippen LogP contribution >= 0.6 is 11.8 Å². The summed E-state index contributed by atoms with van der Waals surface area (Å²) in [5, 5.41) is -0.472. The van der Waals surface area contributed by atoms with Crippen LogP contribution in [0.1, 0.15) is 21.5 Å². The van der Waals surface area contributed by atoms with Crippen molar-refractivity contribution in [2.24, 2.45) is 0 Å². The van der Waals surface area contributed by atoms with Crippen LogP contribution < -0.4 is 9.47 Å². The molecule has 2 heterocycles. The molecule has 2 aromatic carbocycles. The molecule has 1 saturated heterocycles. The van der Waals surface area contributed by atoms with E-state index in [1.165, 1.54) is 7.11 Å². The van der Waals surface area contributed by atoms with E-state index in [0.29, 0.717) is 29.2 Å². The molecule has 0 unspecified atom stereocenters. The average molecular weight is 461 g/mol. The van der Waals surface area contributed by atoms with Gasteiger partial charge in [0.1, 0.15) is 6.61 Å². The van der Waals surface area contributed by atoms with Gasteiger partial charge in [0.25, 0.3) is 11.1 Å². The van der Waals surface area contributed by atoms with E-state index < -0.39 is 11.1 Å². The molecule has 0 aliphatic carbocycles. The lowest BCUT2D eigenvalue weighted by Crippen LogP contribution is -2.33. The molecule has 33 heavy (non-hydrogen) atoms. The molecule has 3 aromatic rings. The van der Waals surface area contributed by atoms with Crippen LogP contribution in [0, 0.1) is 0 Å². The monoisotopic (exact) mass is 460 g/mol. The number of carbonyl (C=O) groups excluding carboxylic acids is 3. The van der Waals surface area contributed by atoms with E-state index in [4.69, 9.17) is 9.47 Å². The molecule has 7 nitrogen and oxygen atoms in total. The summed E-state index contributed by atoms with van der Waals surface area (Å²) in [6.07, 6.45) is 4.99. The molecule has 1 fully saturated rings. The maximum atomic E-state index is 12.8. The lowest BCUT2D eigenvalue weighted by molar-refractivity contribution is -0.122.